The minimum atomic E-state index is -0.701. The number of ether oxygens (including phenoxy) is 3. The molecule has 28 heavy (non-hydrogen) atoms. The van der Waals surface area contributed by atoms with Crippen LogP contribution in [0.4, 0.5) is 0 Å². The first kappa shape index (κ1) is 20.0. The van der Waals surface area contributed by atoms with Crippen molar-refractivity contribution >= 4 is 5.91 Å². The van der Waals surface area contributed by atoms with Gasteiger partial charge in [0, 0.05) is 26.1 Å². The topological polar surface area (TPSA) is 89.1 Å². The van der Waals surface area contributed by atoms with Gasteiger partial charge in [-0.2, -0.15) is 0 Å². The van der Waals surface area contributed by atoms with Gasteiger partial charge in [0.1, 0.15) is 25.9 Å². The Morgan fingerprint density at radius 1 is 1.11 bits per heavy atom. The molecule has 0 bridgehead atoms. The summed E-state index contributed by atoms with van der Waals surface area (Å²) in [4.78, 5) is 11.8. The van der Waals surface area contributed by atoms with Gasteiger partial charge in [0.2, 0.25) is 11.7 Å². The molecule has 2 aromatic rings. The summed E-state index contributed by atoms with van der Waals surface area (Å²) in [6.07, 6.45) is -0.356. The molecule has 3 rings (SSSR count). The van der Waals surface area contributed by atoms with E-state index in [-0.39, 0.29) is 12.5 Å². The third kappa shape index (κ3) is 6.14. The fraction of sp³-hybridized carbons (Fsp3) is 0.381. The number of amides is 1. The number of hydrogen-bond donors (Lipinski definition) is 3. The lowest BCUT2D eigenvalue weighted by atomic mass is 10.2. The van der Waals surface area contributed by atoms with Gasteiger partial charge in [-0.15, -0.1) is 0 Å². The first-order valence-electron chi connectivity index (χ1n) is 9.43. The highest BCUT2D eigenvalue weighted by molar-refractivity contribution is 5.76. The maximum atomic E-state index is 11.8. The maximum absolute atomic E-state index is 11.8. The maximum Gasteiger partial charge on any atom is 0.221 e. The van der Waals surface area contributed by atoms with Gasteiger partial charge < -0.3 is 30.0 Å². The molecule has 7 heteroatoms. The second-order valence-corrected chi connectivity index (χ2v) is 6.46. The van der Waals surface area contributed by atoms with Crippen LogP contribution >= 0.6 is 0 Å². The molecule has 0 spiro atoms. The van der Waals surface area contributed by atoms with Crippen molar-refractivity contribution in [2.24, 2.45) is 0 Å². The SMILES string of the molecule is O=C(CCNCC(O)COc1cccc2c1OCCO2)NCc1ccccc1. The predicted molar refractivity (Wildman–Crippen MR) is 105 cm³/mol. The zero-order chi connectivity index (χ0) is 19.6. The zero-order valence-corrected chi connectivity index (χ0v) is 15.7. The number of nitrogens with one attached hydrogen (secondary N) is 2. The summed E-state index contributed by atoms with van der Waals surface area (Å²) in [5.74, 6) is 1.74. The number of benzene rings is 2. The minimum Gasteiger partial charge on any atom is -0.487 e. The van der Waals surface area contributed by atoms with Crippen LogP contribution in [0.2, 0.25) is 0 Å². The Balaban J connectivity index is 1.30. The molecule has 1 atom stereocenters. The van der Waals surface area contributed by atoms with E-state index in [1.807, 2.05) is 42.5 Å². The van der Waals surface area contributed by atoms with E-state index in [1.165, 1.54) is 0 Å². The summed E-state index contributed by atoms with van der Waals surface area (Å²) in [5.41, 5.74) is 1.06. The van der Waals surface area contributed by atoms with E-state index in [2.05, 4.69) is 10.6 Å². The molecule has 1 unspecified atom stereocenters. The largest absolute Gasteiger partial charge is 0.487 e. The lowest BCUT2D eigenvalue weighted by Crippen LogP contribution is -2.34. The smallest absolute Gasteiger partial charge is 0.221 e. The Labute approximate surface area is 164 Å². The van der Waals surface area contributed by atoms with Crippen molar-refractivity contribution in [2.45, 2.75) is 19.1 Å². The lowest BCUT2D eigenvalue weighted by molar-refractivity contribution is -0.121. The number of fused-ring (bicyclic) bond motifs is 1. The van der Waals surface area contributed by atoms with Crippen LogP contribution in [0.25, 0.3) is 0 Å². The van der Waals surface area contributed by atoms with E-state index in [9.17, 15) is 9.90 Å². The van der Waals surface area contributed by atoms with Crippen LogP contribution in [0, 0.1) is 0 Å². The summed E-state index contributed by atoms with van der Waals surface area (Å²) in [7, 11) is 0. The van der Waals surface area contributed by atoms with E-state index >= 15 is 0 Å². The normalized spacial score (nSPS) is 13.6. The summed E-state index contributed by atoms with van der Waals surface area (Å²) >= 11 is 0. The quantitative estimate of drug-likeness (QED) is 0.536. The molecule has 3 N–H and O–H groups in total. The van der Waals surface area contributed by atoms with Gasteiger partial charge in [-0.25, -0.2) is 0 Å². The van der Waals surface area contributed by atoms with Gasteiger partial charge in [0.25, 0.3) is 0 Å². The standard InChI is InChI=1S/C21H26N2O5/c24-17(15-28-19-8-4-7-18-21(19)27-12-11-26-18)14-22-10-9-20(25)23-13-16-5-2-1-3-6-16/h1-8,17,22,24H,9-15H2,(H,23,25). The average molecular weight is 386 g/mol. The van der Waals surface area contributed by atoms with Gasteiger partial charge in [-0.05, 0) is 17.7 Å². The molecular weight excluding hydrogens is 360 g/mol. The molecule has 7 nitrogen and oxygen atoms in total. The Morgan fingerprint density at radius 3 is 2.79 bits per heavy atom. The molecule has 1 amide bonds. The van der Waals surface area contributed by atoms with Crippen molar-refractivity contribution in [3.63, 3.8) is 0 Å². The number of hydrogen-bond acceptors (Lipinski definition) is 6. The summed E-state index contributed by atoms with van der Waals surface area (Å²) < 4.78 is 16.7. The molecule has 0 saturated carbocycles. The first-order valence-corrected chi connectivity index (χ1v) is 9.43. The van der Waals surface area contributed by atoms with Crippen molar-refractivity contribution in [3.8, 4) is 17.2 Å². The summed E-state index contributed by atoms with van der Waals surface area (Å²) in [6.45, 7) is 2.44. The molecule has 1 heterocycles. The van der Waals surface area contributed by atoms with Crippen molar-refractivity contribution in [3.05, 3.63) is 54.1 Å². The van der Waals surface area contributed by atoms with Gasteiger partial charge in [0.05, 0.1) is 0 Å². The fourth-order valence-electron chi connectivity index (χ4n) is 2.76. The molecular formula is C21H26N2O5. The molecule has 150 valence electrons. The van der Waals surface area contributed by atoms with Crippen molar-refractivity contribution in [1.82, 2.24) is 10.6 Å². The Bertz CT molecular complexity index is 754. The molecule has 0 radical (unpaired) electrons. The Hall–Kier alpha value is -2.77. The number of carbonyl (C=O) groups is 1. The number of para-hydroxylation sites is 1. The fourth-order valence-corrected chi connectivity index (χ4v) is 2.76. The molecule has 0 aromatic heterocycles. The summed E-state index contributed by atoms with van der Waals surface area (Å²) in [6, 6.07) is 15.2. The van der Waals surface area contributed by atoms with Gasteiger partial charge in [-0.1, -0.05) is 36.4 Å². The molecule has 1 aliphatic rings. The van der Waals surface area contributed by atoms with Crippen LogP contribution in [0.15, 0.2) is 48.5 Å². The van der Waals surface area contributed by atoms with Crippen LogP contribution in [0.5, 0.6) is 17.2 Å². The van der Waals surface area contributed by atoms with E-state index in [0.29, 0.717) is 56.5 Å². The number of rotatable bonds is 10. The Kier molecular flexibility index (Phi) is 7.52. The molecule has 0 aliphatic carbocycles. The van der Waals surface area contributed by atoms with Crippen LogP contribution in [-0.2, 0) is 11.3 Å². The average Bonchev–Trinajstić information content (AvgIpc) is 2.74. The minimum absolute atomic E-state index is 0.0323. The zero-order valence-electron chi connectivity index (χ0n) is 15.7. The Morgan fingerprint density at radius 2 is 1.93 bits per heavy atom. The first-order chi connectivity index (χ1) is 13.7. The third-order valence-electron chi connectivity index (χ3n) is 4.20. The lowest BCUT2D eigenvalue weighted by Gasteiger charge is -2.21. The second kappa shape index (κ2) is 10.5. The van der Waals surface area contributed by atoms with Crippen molar-refractivity contribution in [1.29, 1.82) is 0 Å². The van der Waals surface area contributed by atoms with Gasteiger partial charge in [-0.3, -0.25) is 4.79 Å². The van der Waals surface area contributed by atoms with E-state index in [0.717, 1.165) is 5.56 Å². The monoisotopic (exact) mass is 386 g/mol. The molecule has 0 saturated heterocycles. The highest BCUT2D eigenvalue weighted by atomic mass is 16.6. The second-order valence-electron chi connectivity index (χ2n) is 6.46. The highest BCUT2D eigenvalue weighted by Gasteiger charge is 2.17. The van der Waals surface area contributed by atoms with Crippen LogP contribution < -0.4 is 24.8 Å². The van der Waals surface area contributed by atoms with Gasteiger partial charge in [0.15, 0.2) is 11.5 Å². The number of aliphatic hydroxyl groups excluding tert-OH is 1. The number of aliphatic hydroxyl groups is 1. The van der Waals surface area contributed by atoms with Gasteiger partial charge >= 0.3 is 0 Å². The summed E-state index contributed by atoms with van der Waals surface area (Å²) in [5, 5.41) is 16.0. The predicted octanol–water partition coefficient (Wildman–Crippen LogP) is 1.49. The van der Waals surface area contributed by atoms with E-state index < -0.39 is 6.10 Å². The molecule has 0 fully saturated rings. The van der Waals surface area contributed by atoms with Crippen LogP contribution in [0.1, 0.15) is 12.0 Å². The number of carbonyl (C=O) groups excluding carboxylic acids is 1. The highest BCUT2D eigenvalue weighted by Crippen LogP contribution is 2.38. The third-order valence-corrected chi connectivity index (χ3v) is 4.20. The van der Waals surface area contributed by atoms with Crippen LogP contribution in [0.3, 0.4) is 0 Å². The van der Waals surface area contributed by atoms with Crippen molar-refractivity contribution < 1.29 is 24.1 Å². The van der Waals surface area contributed by atoms with E-state index in [1.54, 1.807) is 6.07 Å². The molecule has 2 aromatic carbocycles. The van der Waals surface area contributed by atoms with Crippen molar-refractivity contribution in [2.75, 3.05) is 32.9 Å². The van der Waals surface area contributed by atoms with E-state index in [4.69, 9.17) is 14.2 Å². The molecule has 1 aliphatic heterocycles. The van der Waals surface area contributed by atoms with Crippen LogP contribution in [-0.4, -0.2) is 50.0 Å².